The van der Waals surface area contributed by atoms with E-state index < -0.39 is 0 Å². The number of piperidine rings is 1. The molecule has 106 valence electrons. The van der Waals surface area contributed by atoms with Gasteiger partial charge in [-0.15, -0.1) is 0 Å². The Labute approximate surface area is 125 Å². The van der Waals surface area contributed by atoms with Crippen molar-refractivity contribution in [2.45, 2.75) is 12.8 Å². The van der Waals surface area contributed by atoms with Gasteiger partial charge >= 0.3 is 0 Å². The minimum absolute atomic E-state index is 0.0298. The summed E-state index contributed by atoms with van der Waals surface area (Å²) in [6.45, 7) is 1.62. The van der Waals surface area contributed by atoms with Crippen molar-refractivity contribution in [3.05, 3.63) is 23.1 Å². The topological polar surface area (TPSA) is 62.5 Å². The van der Waals surface area contributed by atoms with Crippen molar-refractivity contribution >= 4 is 33.2 Å². The Hall–Kier alpha value is -1.63. The molecule has 7 heteroatoms. The predicted molar refractivity (Wildman–Crippen MR) is 79.7 cm³/mol. The fraction of sp³-hybridized carbons (Fsp3) is 0.462. The number of nitrogens with one attached hydrogen (secondary N) is 1. The maximum atomic E-state index is 11.8. The van der Waals surface area contributed by atoms with Crippen molar-refractivity contribution < 1.29 is 4.79 Å². The van der Waals surface area contributed by atoms with Crippen LogP contribution in [0.4, 0.5) is 5.82 Å². The molecule has 0 aliphatic carbocycles. The Morgan fingerprint density at radius 2 is 2.35 bits per heavy atom. The number of carbonyl (C=O) groups is 1. The van der Waals surface area contributed by atoms with Gasteiger partial charge in [-0.25, -0.2) is 9.50 Å². The maximum Gasteiger partial charge on any atom is 0.224 e. The molecular formula is C13H16BrN5O. The number of halogens is 1. The van der Waals surface area contributed by atoms with E-state index in [-0.39, 0.29) is 11.8 Å². The molecule has 1 atom stereocenters. The quantitative estimate of drug-likeness (QED) is 0.900. The molecule has 1 aliphatic rings. The first-order chi connectivity index (χ1) is 9.70. The van der Waals surface area contributed by atoms with Gasteiger partial charge in [0.05, 0.1) is 5.92 Å². The van der Waals surface area contributed by atoms with E-state index in [4.69, 9.17) is 0 Å². The average molecular weight is 338 g/mol. The molecular weight excluding hydrogens is 322 g/mol. The molecule has 1 aliphatic heterocycles. The van der Waals surface area contributed by atoms with Crippen molar-refractivity contribution in [3.8, 4) is 0 Å². The summed E-state index contributed by atoms with van der Waals surface area (Å²) in [6, 6.07) is 3.94. The van der Waals surface area contributed by atoms with Crippen molar-refractivity contribution in [1.82, 2.24) is 19.9 Å². The Bertz CT molecular complexity index is 641. The van der Waals surface area contributed by atoms with Gasteiger partial charge in [0.25, 0.3) is 0 Å². The smallest absolute Gasteiger partial charge is 0.224 e. The third-order valence-corrected chi connectivity index (χ3v) is 4.32. The van der Waals surface area contributed by atoms with Crippen molar-refractivity contribution in [1.29, 1.82) is 0 Å². The second-order valence-corrected chi connectivity index (χ2v) is 5.75. The van der Waals surface area contributed by atoms with E-state index in [0.717, 1.165) is 35.3 Å². The molecule has 3 heterocycles. The maximum absolute atomic E-state index is 11.8. The Morgan fingerprint density at radius 1 is 1.50 bits per heavy atom. The van der Waals surface area contributed by atoms with Gasteiger partial charge in [-0.3, -0.25) is 4.79 Å². The molecule has 0 bridgehead atoms. The average Bonchev–Trinajstić information content (AvgIpc) is 2.88. The van der Waals surface area contributed by atoms with Gasteiger partial charge in [0.15, 0.2) is 5.82 Å². The number of fused-ring (bicyclic) bond motifs is 1. The first kappa shape index (κ1) is 13.4. The van der Waals surface area contributed by atoms with E-state index in [9.17, 15) is 4.79 Å². The summed E-state index contributed by atoms with van der Waals surface area (Å²) >= 11 is 3.46. The zero-order chi connectivity index (χ0) is 14.1. The summed E-state index contributed by atoms with van der Waals surface area (Å²) in [5.74, 6) is 1.03. The van der Waals surface area contributed by atoms with Crippen LogP contribution in [-0.4, -0.2) is 40.6 Å². The van der Waals surface area contributed by atoms with Crippen LogP contribution in [0.5, 0.6) is 0 Å². The number of anilines is 1. The zero-order valence-corrected chi connectivity index (χ0v) is 12.8. The normalized spacial score (nSPS) is 19.3. The van der Waals surface area contributed by atoms with Crippen LogP contribution in [0, 0.1) is 5.92 Å². The number of nitrogens with zero attached hydrogens (tertiary/aromatic N) is 4. The van der Waals surface area contributed by atoms with Gasteiger partial charge in [-0.1, -0.05) is 0 Å². The summed E-state index contributed by atoms with van der Waals surface area (Å²) in [6.07, 6.45) is 3.48. The number of hydrogen-bond donors (Lipinski definition) is 1. The molecule has 2 aromatic rings. The van der Waals surface area contributed by atoms with E-state index in [1.54, 1.807) is 13.4 Å². The first-order valence-corrected chi connectivity index (χ1v) is 7.45. The molecule has 6 nitrogen and oxygen atoms in total. The highest BCUT2D eigenvalue weighted by molar-refractivity contribution is 9.10. The molecule has 2 aromatic heterocycles. The predicted octanol–water partition coefficient (Wildman–Crippen LogP) is 1.45. The van der Waals surface area contributed by atoms with Gasteiger partial charge in [-0.2, -0.15) is 5.10 Å². The molecule has 0 unspecified atom stereocenters. The highest BCUT2D eigenvalue weighted by Crippen LogP contribution is 2.27. The summed E-state index contributed by atoms with van der Waals surface area (Å²) < 4.78 is 2.71. The lowest BCUT2D eigenvalue weighted by atomic mass is 9.97. The second kappa shape index (κ2) is 5.40. The number of aromatic nitrogens is 3. The number of hydrogen-bond acceptors (Lipinski definition) is 4. The first-order valence-electron chi connectivity index (χ1n) is 6.65. The standard InChI is InChI=1S/C13H16BrN5O/c1-15-13(20)9-3-2-6-18(7-9)12-10-4-5-11(14)19(10)17-8-16-12/h4-5,8-9H,2-3,6-7H2,1H3,(H,15,20)/t9-/m1/s1. The third-order valence-electron chi connectivity index (χ3n) is 3.72. The minimum Gasteiger partial charge on any atom is -0.359 e. The molecule has 0 radical (unpaired) electrons. The number of amides is 1. The summed E-state index contributed by atoms with van der Waals surface area (Å²) in [4.78, 5) is 18.4. The van der Waals surface area contributed by atoms with E-state index in [0.29, 0.717) is 6.54 Å². The number of rotatable bonds is 2. The van der Waals surface area contributed by atoms with Crippen LogP contribution in [0.15, 0.2) is 23.1 Å². The SMILES string of the molecule is CNC(=O)[C@@H]1CCCN(c2ncnn3c(Br)ccc23)C1. The summed E-state index contributed by atoms with van der Waals surface area (Å²) in [7, 11) is 1.69. The van der Waals surface area contributed by atoms with Crippen LogP contribution in [0.3, 0.4) is 0 Å². The van der Waals surface area contributed by atoms with Crippen molar-refractivity contribution in [2.75, 3.05) is 25.0 Å². The van der Waals surface area contributed by atoms with E-state index >= 15 is 0 Å². The minimum atomic E-state index is 0.0298. The lowest BCUT2D eigenvalue weighted by Gasteiger charge is -2.32. The van der Waals surface area contributed by atoms with Gasteiger partial charge in [0.1, 0.15) is 16.4 Å². The molecule has 1 N–H and O–H groups in total. The third kappa shape index (κ3) is 2.26. The highest BCUT2D eigenvalue weighted by atomic mass is 79.9. The van der Waals surface area contributed by atoms with Crippen LogP contribution in [0.2, 0.25) is 0 Å². The Morgan fingerprint density at radius 3 is 3.15 bits per heavy atom. The largest absolute Gasteiger partial charge is 0.359 e. The lowest BCUT2D eigenvalue weighted by molar-refractivity contribution is -0.124. The molecule has 3 rings (SSSR count). The van der Waals surface area contributed by atoms with Crippen LogP contribution >= 0.6 is 15.9 Å². The van der Waals surface area contributed by atoms with E-state index in [1.165, 1.54) is 0 Å². The summed E-state index contributed by atoms with van der Waals surface area (Å²) in [5.41, 5.74) is 0.955. The molecule has 1 amide bonds. The van der Waals surface area contributed by atoms with E-state index in [2.05, 4.69) is 36.2 Å². The Kier molecular flexibility index (Phi) is 3.60. The van der Waals surface area contributed by atoms with Crippen molar-refractivity contribution in [2.24, 2.45) is 5.92 Å². The molecule has 0 spiro atoms. The van der Waals surface area contributed by atoms with Crippen LogP contribution in [0.1, 0.15) is 12.8 Å². The van der Waals surface area contributed by atoms with Crippen LogP contribution in [-0.2, 0) is 4.79 Å². The van der Waals surface area contributed by atoms with Crippen LogP contribution < -0.4 is 10.2 Å². The fourth-order valence-corrected chi connectivity index (χ4v) is 3.13. The fourth-order valence-electron chi connectivity index (χ4n) is 2.72. The van der Waals surface area contributed by atoms with Gasteiger partial charge in [0.2, 0.25) is 5.91 Å². The molecule has 0 saturated carbocycles. The lowest BCUT2D eigenvalue weighted by Crippen LogP contribution is -2.42. The van der Waals surface area contributed by atoms with E-state index in [1.807, 2.05) is 16.6 Å². The van der Waals surface area contributed by atoms with Gasteiger partial charge < -0.3 is 10.2 Å². The zero-order valence-electron chi connectivity index (χ0n) is 11.2. The Balaban J connectivity index is 1.92. The molecule has 1 fully saturated rings. The summed E-state index contributed by atoms with van der Waals surface area (Å²) in [5, 5.41) is 6.96. The van der Waals surface area contributed by atoms with Crippen molar-refractivity contribution in [3.63, 3.8) is 0 Å². The van der Waals surface area contributed by atoms with Gasteiger partial charge in [0, 0.05) is 20.1 Å². The molecule has 0 aromatic carbocycles. The second-order valence-electron chi connectivity index (χ2n) is 4.94. The van der Waals surface area contributed by atoms with Gasteiger partial charge in [-0.05, 0) is 40.9 Å². The monoisotopic (exact) mass is 337 g/mol. The molecule has 20 heavy (non-hydrogen) atoms. The van der Waals surface area contributed by atoms with Crippen LogP contribution in [0.25, 0.3) is 5.52 Å². The number of carbonyl (C=O) groups excluding carboxylic acids is 1. The highest BCUT2D eigenvalue weighted by Gasteiger charge is 2.27. The molecule has 1 saturated heterocycles.